The molecule has 0 spiro atoms. The van der Waals surface area contributed by atoms with Crippen LogP contribution in [0.1, 0.15) is 60.3 Å². The number of hydrogen-bond donors (Lipinski definition) is 3. The van der Waals surface area contributed by atoms with E-state index in [9.17, 15) is 15.3 Å². The average molecular weight is 322 g/mol. The van der Waals surface area contributed by atoms with Crippen molar-refractivity contribution in [2.24, 2.45) is 11.8 Å². The van der Waals surface area contributed by atoms with Gasteiger partial charge in [0.25, 0.3) is 0 Å². The summed E-state index contributed by atoms with van der Waals surface area (Å²) in [6, 6.07) is 0. The van der Waals surface area contributed by atoms with Crippen molar-refractivity contribution in [3.63, 3.8) is 0 Å². The first kappa shape index (κ1) is 20.1. The molecule has 0 aliphatic heterocycles. The van der Waals surface area contributed by atoms with Crippen LogP contribution in [0.5, 0.6) is 0 Å². The minimum absolute atomic E-state index is 0.261. The highest BCUT2D eigenvalue weighted by molar-refractivity contribution is 5.12. The second-order valence-corrected chi connectivity index (χ2v) is 7.73. The predicted octanol–water partition coefficient (Wildman–Crippen LogP) is 3.75. The van der Waals surface area contributed by atoms with E-state index < -0.39 is 17.8 Å². The van der Waals surface area contributed by atoms with Crippen LogP contribution in [0.15, 0.2) is 35.5 Å². The van der Waals surface area contributed by atoms with Crippen LogP contribution in [-0.4, -0.2) is 33.1 Å². The van der Waals surface area contributed by atoms with Crippen molar-refractivity contribution in [3.05, 3.63) is 35.5 Å². The van der Waals surface area contributed by atoms with E-state index in [-0.39, 0.29) is 6.42 Å². The SMILES string of the molecule is C/C1=C\[C@@H](O)C/C(C)=C/[C@@H](O)C[C@](C)(O)/C=C/[C@@H](C(C)C)CC1. The molecule has 3 N–H and O–H groups in total. The lowest BCUT2D eigenvalue weighted by molar-refractivity contribution is 0.0564. The Bertz CT molecular complexity index is 458. The molecule has 0 saturated heterocycles. The fraction of sp³-hybridized carbons (Fsp3) is 0.700. The largest absolute Gasteiger partial charge is 0.389 e. The summed E-state index contributed by atoms with van der Waals surface area (Å²) in [4.78, 5) is 0. The molecule has 4 atom stereocenters. The highest BCUT2D eigenvalue weighted by Gasteiger charge is 2.22. The number of hydrogen-bond acceptors (Lipinski definition) is 3. The van der Waals surface area contributed by atoms with Crippen molar-refractivity contribution in [1.29, 1.82) is 0 Å². The van der Waals surface area contributed by atoms with Gasteiger partial charge in [0.15, 0.2) is 0 Å². The average Bonchev–Trinajstić information content (AvgIpc) is 2.35. The second kappa shape index (κ2) is 8.81. The Labute approximate surface area is 141 Å². The molecule has 23 heavy (non-hydrogen) atoms. The first-order chi connectivity index (χ1) is 10.6. The van der Waals surface area contributed by atoms with E-state index in [2.05, 4.69) is 26.8 Å². The van der Waals surface area contributed by atoms with Gasteiger partial charge in [-0.2, -0.15) is 0 Å². The molecule has 0 fully saturated rings. The number of aliphatic hydroxyl groups excluding tert-OH is 2. The minimum atomic E-state index is -1.03. The van der Waals surface area contributed by atoms with Crippen LogP contribution < -0.4 is 0 Å². The van der Waals surface area contributed by atoms with Crippen LogP contribution in [0.2, 0.25) is 0 Å². The summed E-state index contributed by atoms with van der Waals surface area (Å²) in [6.45, 7) is 10.1. The molecule has 0 aromatic heterocycles. The molecule has 3 heteroatoms. The Morgan fingerprint density at radius 2 is 1.70 bits per heavy atom. The highest BCUT2D eigenvalue weighted by Crippen LogP contribution is 2.25. The summed E-state index contributed by atoms with van der Waals surface area (Å²) in [6.07, 6.45) is 9.06. The molecule has 132 valence electrons. The third kappa shape index (κ3) is 7.96. The molecule has 0 bridgehead atoms. The van der Waals surface area contributed by atoms with E-state index in [1.54, 1.807) is 13.0 Å². The lowest BCUT2D eigenvalue weighted by Gasteiger charge is -2.24. The van der Waals surface area contributed by atoms with Crippen LogP contribution in [0, 0.1) is 11.8 Å². The zero-order chi connectivity index (χ0) is 17.6. The molecule has 0 radical (unpaired) electrons. The maximum Gasteiger partial charge on any atom is 0.0827 e. The molecule has 0 heterocycles. The van der Waals surface area contributed by atoms with Crippen molar-refractivity contribution >= 4 is 0 Å². The Morgan fingerprint density at radius 1 is 1.09 bits per heavy atom. The quantitative estimate of drug-likeness (QED) is 0.644. The Balaban J connectivity index is 3.05. The van der Waals surface area contributed by atoms with Gasteiger partial charge < -0.3 is 15.3 Å². The number of aliphatic hydroxyl groups is 3. The maximum atomic E-state index is 10.5. The Morgan fingerprint density at radius 3 is 2.30 bits per heavy atom. The summed E-state index contributed by atoms with van der Waals surface area (Å²) < 4.78 is 0. The fourth-order valence-electron chi connectivity index (χ4n) is 3.12. The molecule has 0 amide bonds. The van der Waals surface area contributed by atoms with E-state index >= 15 is 0 Å². The van der Waals surface area contributed by atoms with Gasteiger partial charge in [-0.15, -0.1) is 0 Å². The molecule has 3 nitrogen and oxygen atoms in total. The smallest absolute Gasteiger partial charge is 0.0827 e. The van der Waals surface area contributed by atoms with Crippen LogP contribution in [0.3, 0.4) is 0 Å². The van der Waals surface area contributed by atoms with Gasteiger partial charge >= 0.3 is 0 Å². The Kier molecular flexibility index (Phi) is 7.72. The van der Waals surface area contributed by atoms with Crippen LogP contribution in [-0.2, 0) is 0 Å². The second-order valence-electron chi connectivity index (χ2n) is 7.73. The minimum Gasteiger partial charge on any atom is -0.389 e. The van der Waals surface area contributed by atoms with Crippen molar-refractivity contribution in [3.8, 4) is 0 Å². The highest BCUT2D eigenvalue weighted by atomic mass is 16.3. The summed E-state index contributed by atoms with van der Waals surface area (Å²) >= 11 is 0. The molecular weight excluding hydrogens is 288 g/mol. The van der Waals surface area contributed by atoms with Gasteiger partial charge in [-0.3, -0.25) is 0 Å². The molecule has 1 rings (SSSR count). The third-order valence-corrected chi connectivity index (χ3v) is 4.54. The topological polar surface area (TPSA) is 60.7 Å². The van der Waals surface area contributed by atoms with E-state index in [0.717, 1.165) is 18.4 Å². The molecular formula is C20H34O3. The zero-order valence-electron chi connectivity index (χ0n) is 15.3. The van der Waals surface area contributed by atoms with E-state index in [4.69, 9.17) is 0 Å². The maximum absolute atomic E-state index is 10.5. The van der Waals surface area contributed by atoms with Gasteiger partial charge in [0.05, 0.1) is 17.8 Å². The summed E-state index contributed by atoms with van der Waals surface area (Å²) in [5.74, 6) is 0.860. The van der Waals surface area contributed by atoms with E-state index in [1.165, 1.54) is 5.57 Å². The van der Waals surface area contributed by atoms with E-state index in [0.29, 0.717) is 18.3 Å². The molecule has 0 aromatic rings. The van der Waals surface area contributed by atoms with Gasteiger partial charge in [0, 0.05) is 6.42 Å². The first-order valence-corrected chi connectivity index (χ1v) is 8.71. The molecule has 1 aliphatic rings. The lowest BCUT2D eigenvalue weighted by Crippen LogP contribution is -2.27. The molecule has 0 unspecified atom stereocenters. The molecule has 0 saturated carbocycles. The zero-order valence-corrected chi connectivity index (χ0v) is 15.3. The van der Waals surface area contributed by atoms with Crippen LogP contribution in [0.4, 0.5) is 0 Å². The summed E-state index contributed by atoms with van der Waals surface area (Å²) in [5.41, 5.74) is 1.09. The van der Waals surface area contributed by atoms with Crippen molar-refractivity contribution in [1.82, 2.24) is 0 Å². The molecule has 0 aromatic carbocycles. The van der Waals surface area contributed by atoms with Gasteiger partial charge in [-0.25, -0.2) is 0 Å². The van der Waals surface area contributed by atoms with Gasteiger partial charge in [0.1, 0.15) is 0 Å². The lowest BCUT2D eigenvalue weighted by atomic mass is 9.86. The predicted molar refractivity (Wildman–Crippen MR) is 96.1 cm³/mol. The fourth-order valence-corrected chi connectivity index (χ4v) is 3.12. The van der Waals surface area contributed by atoms with E-state index in [1.807, 2.05) is 19.1 Å². The third-order valence-electron chi connectivity index (χ3n) is 4.54. The number of rotatable bonds is 1. The van der Waals surface area contributed by atoms with Crippen molar-refractivity contribution in [2.45, 2.75) is 78.1 Å². The van der Waals surface area contributed by atoms with Crippen molar-refractivity contribution < 1.29 is 15.3 Å². The Hall–Kier alpha value is -0.900. The summed E-state index contributed by atoms with van der Waals surface area (Å²) in [7, 11) is 0. The molecule has 1 aliphatic carbocycles. The van der Waals surface area contributed by atoms with Gasteiger partial charge in [-0.1, -0.05) is 49.3 Å². The van der Waals surface area contributed by atoms with Crippen molar-refractivity contribution in [2.75, 3.05) is 0 Å². The number of allylic oxidation sites excluding steroid dienone is 2. The summed E-state index contributed by atoms with van der Waals surface area (Å²) in [5, 5.41) is 30.8. The monoisotopic (exact) mass is 322 g/mol. The standard InChI is InChI=1S/C20H34O3/c1-14(2)17-7-6-15(3)10-18(21)11-16(4)12-19(22)13-20(5,23)9-8-17/h8-10,12,14,17-19,21-23H,6-7,11,13H2,1-5H3/b9-8+,15-10+,16-12+/t17-,18+,19+,20+/m0/s1. The first-order valence-electron chi connectivity index (χ1n) is 8.71. The van der Waals surface area contributed by atoms with Crippen LogP contribution >= 0.6 is 0 Å². The van der Waals surface area contributed by atoms with Crippen LogP contribution in [0.25, 0.3) is 0 Å². The van der Waals surface area contributed by atoms with Gasteiger partial charge in [0.2, 0.25) is 0 Å². The van der Waals surface area contributed by atoms with Gasteiger partial charge in [-0.05, 0) is 51.9 Å². The normalized spacial score (nSPS) is 40.7.